The lowest BCUT2D eigenvalue weighted by molar-refractivity contribution is -0.153. The van der Waals surface area contributed by atoms with E-state index in [4.69, 9.17) is 5.73 Å². The number of nitrogens with two attached hydrogens (primary N) is 1. The molecule has 14 heteroatoms. The molecule has 2 aromatic carbocycles. The minimum Gasteiger partial charge on any atom is -0.481 e. The number of rotatable bonds is 6. The Labute approximate surface area is 243 Å². The van der Waals surface area contributed by atoms with Crippen molar-refractivity contribution in [2.45, 2.75) is 26.1 Å². The van der Waals surface area contributed by atoms with E-state index in [0.29, 0.717) is 16.1 Å². The van der Waals surface area contributed by atoms with E-state index in [-0.39, 0.29) is 39.2 Å². The molecule has 1 atom stereocenters. The maximum atomic E-state index is 15.1. The summed E-state index contributed by atoms with van der Waals surface area (Å²) in [5, 5.41) is 6.75. The SMILES string of the molecule is Cc1csc2cc([C@H](C)n3nc(-c4ccc(OCC(F)(F)F)c(F)c4)c4c(N)ncnc43)c(-c3ccccc3F)c(=O)n12. The van der Waals surface area contributed by atoms with Crippen LogP contribution in [-0.2, 0) is 0 Å². The number of halogens is 5. The summed E-state index contributed by atoms with van der Waals surface area (Å²) in [6.07, 6.45) is -3.42. The number of aryl methyl sites for hydroxylation is 1. The van der Waals surface area contributed by atoms with Gasteiger partial charge >= 0.3 is 6.18 Å². The van der Waals surface area contributed by atoms with Crippen LogP contribution in [0.4, 0.5) is 27.8 Å². The van der Waals surface area contributed by atoms with Crippen molar-refractivity contribution in [3.05, 3.63) is 93.5 Å². The van der Waals surface area contributed by atoms with E-state index >= 15 is 4.39 Å². The fraction of sp³-hybridized carbons (Fsp3) is 0.172. The molecular formula is C29H21F5N6O2S. The molecule has 0 bridgehead atoms. The van der Waals surface area contributed by atoms with E-state index in [1.165, 1.54) is 51.0 Å². The van der Waals surface area contributed by atoms with E-state index in [1.54, 1.807) is 26.0 Å². The van der Waals surface area contributed by atoms with E-state index < -0.39 is 41.8 Å². The second-order valence-corrected chi connectivity index (χ2v) is 10.7. The average molecular weight is 613 g/mol. The zero-order valence-electron chi connectivity index (χ0n) is 22.5. The summed E-state index contributed by atoms with van der Waals surface area (Å²) in [6, 6.07) is 10.4. The molecule has 0 amide bonds. The molecule has 0 saturated heterocycles. The Kier molecular flexibility index (Phi) is 6.87. The van der Waals surface area contributed by atoms with Gasteiger partial charge in [0.1, 0.15) is 28.5 Å². The lowest BCUT2D eigenvalue weighted by atomic mass is 9.96. The van der Waals surface area contributed by atoms with Crippen molar-refractivity contribution in [3.63, 3.8) is 0 Å². The van der Waals surface area contributed by atoms with Gasteiger partial charge in [0.25, 0.3) is 5.56 Å². The molecule has 0 spiro atoms. The van der Waals surface area contributed by atoms with Crippen molar-refractivity contribution in [2.24, 2.45) is 0 Å². The number of alkyl halides is 3. The molecule has 0 aliphatic heterocycles. The minimum atomic E-state index is -4.64. The van der Waals surface area contributed by atoms with Gasteiger partial charge in [-0.3, -0.25) is 9.20 Å². The van der Waals surface area contributed by atoms with Crippen LogP contribution in [0.3, 0.4) is 0 Å². The topological polar surface area (TPSA) is 100 Å². The summed E-state index contributed by atoms with van der Waals surface area (Å²) in [7, 11) is 0. The number of ether oxygens (including phenoxy) is 1. The molecule has 0 aliphatic carbocycles. The lowest BCUT2D eigenvalue weighted by Crippen LogP contribution is -2.21. The number of thiazole rings is 1. The van der Waals surface area contributed by atoms with E-state index in [0.717, 1.165) is 12.1 Å². The summed E-state index contributed by atoms with van der Waals surface area (Å²) in [6.45, 7) is 1.88. The first-order valence-electron chi connectivity index (χ1n) is 12.8. The van der Waals surface area contributed by atoms with Crippen molar-refractivity contribution in [1.29, 1.82) is 0 Å². The first-order chi connectivity index (χ1) is 20.4. The maximum absolute atomic E-state index is 15.1. The molecule has 4 aromatic heterocycles. The van der Waals surface area contributed by atoms with Crippen LogP contribution in [-0.4, -0.2) is 36.9 Å². The van der Waals surface area contributed by atoms with Crippen molar-refractivity contribution in [2.75, 3.05) is 12.3 Å². The van der Waals surface area contributed by atoms with E-state index in [2.05, 4.69) is 19.8 Å². The van der Waals surface area contributed by atoms with Crippen molar-refractivity contribution in [1.82, 2.24) is 24.1 Å². The Morgan fingerprint density at radius 1 is 1.07 bits per heavy atom. The van der Waals surface area contributed by atoms with Crippen LogP contribution in [0.1, 0.15) is 24.2 Å². The van der Waals surface area contributed by atoms with E-state index in [1.807, 2.05) is 5.38 Å². The molecule has 0 aliphatic rings. The number of aromatic nitrogens is 5. The highest BCUT2D eigenvalue weighted by atomic mass is 32.1. The van der Waals surface area contributed by atoms with Gasteiger partial charge in [0.05, 0.1) is 17.0 Å². The molecule has 2 N–H and O–H groups in total. The van der Waals surface area contributed by atoms with Gasteiger partial charge in [-0.15, -0.1) is 11.3 Å². The van der Waals surface area contributed by atoms with Gasteiger partial charge in [-0.1, -0.05) is 18.2 Å². The Morgan fingerprint density at radius 3 is 2.56 bits per heavy atom. The summed E-state index contributed by atoms with van der Waals surface area (Å²) >= 11 is 1.35. The van der Waals surface area contributed by atoms with Crippen LogP contribution in [0.25, 0.3) is 38.2 Å². The zero-order valence-corrected chi connectivity index (χ0v) is 23.3. The quantitative estimate of drug-likeness (QED) is 0.214. The van der Waals surface area contributed by atoms with Gasteiger partial charge < -0.3 is 10.5 Å². The number of hydrogen-bond acceptors (Lipinski definition) is 7. The Balaban J connectivity index is 1.54. The Hall–Kier alpha value is -4.85. The average Bonchev–Trinajstić information content (AvgIpc) is 3.54. The standard InChI is InChI=1S/C29H21F5N6O2S/c1-14-11-43-22-10-18(23(28(41)39(14)22)17-5-3-4-6-19(17)30)15(2)40-27-24(26(35)36-13-37-27)25(38-40)16-7-8-21(20(31)9-16)42-12-29(32,33)34/h3-11,13,15H,12H2,1-2H3,(H2,35,36,37)/t15-/m0/s1. The molecule has 220 valence electrons. The molecule has 0 unspecified atom stereocenters. The fourth-order valence-corrected chi connectivity index (χ4v) is 5.94. The summed E-state index contributed by atoms with van der Waals surface area (Å²) < 4.78 is 75.4. The number of anilines is 1. The summed E-state index contributed by atoms with van der Waals surface area (Å²) in [5.74, 6) is -2.19. The third-order valence-electron chi connectivity index (χ3n) is 6.98. The first kappa shape index (κ1) is 28.3. The normalized spacial score (nSPS) is 12.7. The smallest absolute Gasteiger partial charge is 0.422 e. The molecule has 6 aromatic rings. The molecule has 6 rings (SSSR count). The fourth-order valence-electron chi connectivity index (χ4n) is 5.01. The van der Waals surface area contributed by atoms with Crippen LogP contribution in [0.2, 0.25) is 0 Å². The number of nitrogen functional groups attached to an aromatic ring is 1. The first-order valence-corrected chi connectivity index (χ1v) is 13.7. The minimum absolute atomic E-state index is 0.0231. The van der Waals surface area contributed by atoms with Crippen molar-refractivity contribution in [3.8, 4) is 28.1 Å². The highest BCUT2D eigenvalue weighted by molar-refractivity contribution is 7.15. The second-order valence-electron chi connectivity index (χ2n) is 9.79. The maximum Gasteiger partial charge on any atom is 0.422 e. The largest absolute Gasteiger partial charge is 0.481 e. The van der Waals surface area contributed by atoms with Crippen molar-refractivity contribution >= 4 is 33.0 Å². The van der Waals surface area contributed by atoms with Gasteiger partial charge in [0.15, 0.2) is 23.8 Å². The number of pyridine rings is 1. The predicted molar refractivity (Wildman–Crippen MR) is 152 cm³/mol. The lowest BCUT2D eigenvalue weighted by Gasteiger charge is -2.18. The number of hydrogen-bond donors (Lipinski definition) is 1. The van der Waals surface area contributed by atoms with Gasteiger partial charge in [0.2, 0.25) is 0 Å². The van der Waals surface area contributed by atoms with Crippen LogP contribution in [0.5, 0.6) is 5.75 Å². The van der Waals surface area contributed by atoms with Gasteiger partial charge in [-0.2, -0.15) is 18.3 Å². The number of fused-ring (bicyclic) bond motifs is 2. The molecule has 43 heavy (non-hydrogen) atoms. The summed E-state index contributed by atoms with van der Waals surface area (Å²) in [4.78, 5) is 22.9. The molecule has 0 radical (unpaired) electrons. The van der Waals surface area contributed by atoms with Crippen LogP contribution >= 0.6 is 11.3 Å². The number of nitrogens with zero attached hydrogens (tertiary/aromatic N) is 5. The third kappa shape index (κ3) is 4.96. The molecule has 0 fully saturated rings. The molecular weight excluding hydrogens is 591 g/mol. The molecule has 8 nitrogen and oxygen atoms in total. The highest BCUT2D eigenvalue weighted by Crippen LogP contribution is 2.37. The van der Waals surface area contributed by atoms with E-state index in [9.17, 15) is 22.4 Å². The second kappa shape index (κ2) is 10.5. The third-order valence-corrected chi connectivity index (χ3v) is 7.98. The molecule has 4 heterocycles. The summed E-state index contributed by atoms with van der Waals surface area (Å²) in [5.41, 5.74) is 7.75. The molecule has 0 saturated carbocycles. The number of benzene rings is 2. The van der Waals surface area contributed by atoms with Gasteiger partial charge in [-0.05, 0) is 49.7 Å². The Morgan fingerprint density at radius 2 is 1.84 bits per heavy atom. The van der Waals surface area contributed by atoms with Crippen LogP contribution in [0.15, 0.2) is 65.0 Å². The Bertz CT molecular complexity index is 2080. The monoisotopic (exact) mass is 612 g/mol. The van der Waals surface area contributed by atoms with Crippen molar-refractivity contribution < 1.29 is 26.7 Å². The van der Waals surface area contributed by atoms with Gasteiger partial charge in [0, 0.05) is 22.2 Å². The zero-order chi connectivity index (χ0) is 30.6. The van der Waals surface area contributed by atoms with Gasteiger partial charge in [-0.25, -0.2) is 23.4 Å². The predicted octanol–water partition coefficient (Wildman–Crippen LogP) is 6.55. The highest BCUT2D eigenvalue weighted by Gasteiger charge is 2.30. The van der Waals surface area contributed by atoms with Crippen LogP contribution in [0, 0.1) is 18.6 Å². The van der Waals surface area contributed by atoms with Crippen LogP contribution < -0.4 is 16.0 Å².